The van der Waals surface area contributed by atoms with Gasteiger partial charge >= 0.3 is 5.97 Å². The Morgan fingerprint density at radius 3 is 2.59 bits per heavy atom. The monoisotopic (exact) mass is 386 g/mol. The smallest absolute Gasteiger partial charge is 0.339 e. The van der Waals surface area contributed by atoms with E-state index in [0.717, 1.165) is 37.5 Å². The van der Waals surface area contributed by atoms with Crippen LogP contribution in [-0.4, -0.2) is 37.0 Å². The van der Waals surface area contributed by atoms with E-state index in [-0.39, 0.29) is 11.8 Å². The number of hydrogen-bond donors (Lipinski definition) is 1. The molecule has 1 saturated heterocycles. The Labute approximate surface area is 164 Å². The third-order valence-corrected chi connectivity index (χ3v) is 5.08. The van der Waals surface area contributed by atoms with Gasteiger partial charge in [0.05, 0.1) is 18.4 Å². The summed E-state index contributed by atoms with van der Waals surface area (Å²) in [4.78, 5) is 26.8. The lowest BCUT2D eigenvalue weighted by Gasteiger charge is -2.31. The van der Waals surface area contributed by atoms with E-state index in [1.807, 2.05) is 18.2 Å². The van der Waals surface area contributed by atoms with Gasteiger partial charge in [0.2, 0.25) is 5.91 Å². The first-order chi connectivity index (χ1) is 13.1. The number of esters is 1. The molecule has 1 amide bonds. The van der Waals surface area contributed by atoms with E-state index < -0.39 is 5.97 Å². The number of nitrogens with one attached hydrogen (secondary N) is 1. The molecule has 0 radical (unpaired) electrons. The van der Waals surface area contributed by atoms with Crippen molar-refractivity contribution in [3.63, 3.8) is 0 Å². The summed E-state index contributed by atoms with van der Waals surface area (Å²) >= 11 is 6.05. The minimum absolute atomic E-state index is 0.0474. The average molecular weight is 387 g/mol. The number of halogens is 1. The van der Waals surface area contributed by atoms with Gasteiger partial charge in [-0.15, -0.1) is 0 Å². The number of methoxy groups -OCH3 is 1. The highest BCUT2D eigenvalue weighted by atomic mass is 35.5. The predicted molar refractivity (Wildman–Crippen MR) is 106 cm³/mol. The number of amides is 1. The maximum Gasteiger partial charge on any atom is 0.339 e. The zero-order valence-electron chi connectivity index (χ0n) is 15.3. The Morgan fingerprint density at radius 1 is 1.15 bits per heavy atom. The lowest BCUT2D eigenvalue weighted by Crippen LogP contribution is -2.37. The highest BCUT2D eigenvalue weighted by Gasteiger charge is 2.26. The summed E-state index contributed by atoms with van der Waals surface area (Å²) in [5.41, 5.74) is 2.04. The van der Waals surface area contributed by atoms with Crippen molar-refractivity contribution in [2.75, 3.05) is 25.5 Å². The summed E-state index contributed by atoms with van der Waals surface area (Å²) in [5, 5.41) is 3.63. The molecule has 0 aromatic heterocycles. The van der Waals surface area contributed by atoms with Crippen LogP contribution in [-0.2, 0) is 16.1 Å². The van der Waals surface area contributed by atoms with Crippen LogP contribution < -0.4 is 5.32 Å². The quantitative estimate of drug-likeness (QED) is 0.790. The van der Waals surface area contributed by atoms with Crippen molar-refractivity contribution in [3.8, 4) is 0 Å². The first kappa shape index (κ1) is 19.4. The number of anilines is 1. The molecule has 27 heavy (non-hydrogen) atoms. The average Bonchev–Trinajstić information content (AvgIpc) is 2.68. The van der Waals surface area contributed by atoms with Crippen molar-refractivity contribution in [1.29, 1.82) is 0 Å². The van der Waals surface area contributed by atoms with E-state index in [9.17, 15) is 9.59 Å². The standard InChI is InChI=1S/C21H23ClN2O3/c1-27-21(26)18-7-2-3-8-19(18)23-20(25)16-9-11-24(12-10-16)14-15-5-4-6-17(22)13-15/h2-8,13,16H,9-12,14H2,1H3,(H,23,25). The molecule has 6 heteroatoms. The Balaban J connectivity index is 1.55. The van der Waals surface area contributed by atoms with E-state index in [2.05, 4.69) is 16.3 Å². The van der Waals surface area contributed by atoms with Crippen molar-refractivity contribution in [1.82, 2.24) is 4.90 Å². The molecule has 2 aromatic rings. The second-order valence-electron chi connectivity index (χ2n) is 6.71. The van der Waals surface area contributed by atoms with Crippen LogP contribution in [0.2, 0.25) is 5.02 Å². The second-order valence-corrected chi connectivity index (χ2v) is 7.14. The van der Waals surface area contributed by atoms with E-state index >= 15 is 0 Å². The van der Waals surface area contributed by atoms with Gasteiger partial charge in [0.15, 0.2) is 0 Å². The molecule has 0 unspecified atom stereocenters. The molecule has 1 fully saturated rings. The van der Waals surface area contributed by atoms with Crippen LogP contribution in [0.4, 0.5) is 5.69 Å². The van der Waals surface area contributed by atoms with Crippen molar-refractivity contribution < 1.29 is 14.3 Å². The fraction of sp³-hybridized carbons (Fsp3) is 0.333. The molecule has 2 aromatic carbocycles. The predicted octanol–water partition coefficient (Wildman–Crippen LogP) is 3.98. The van der Waals surface area contributed by atoms with Crippen LogP contribution in [0.25, 0.3) is 0 Å². The van der Waals surface area contributed by atoms with E-state index in [1.165, 1.54) is 12.7 Å². The lowest BCUT2D eigenvalue weighted by atomic mass is 9.95. The molecule has 1 N–H and O–H groups in total. The fourth-order valence-electron chi connectivity index (χ4n) is 3.36. The molecule has 0 bridgehead atoms. The molecule has 142 valence electrons. The largest absolute Gasteiger partial charge is 0.465 e. The van der Waals surface area contributed by atoms with Gasteiger partial charge in [-0.3, -0.25) is 9.69 Å². The topological polar surface area (TPSA) is 58.6 Å². The number of likely N-dealkylation sites (tertiary alicyclic amines) is 1. The number of ether oxygens (including phenoxy) is 1. The zero-order chi connectivity index (χ0) is 19.2. The van der Waals surface area contributed by atoms with Crippen LogP contribution in [0.3, 0.4) is 0 Å². The molecular formula is C21H23ClN2O3. The minimum atomic E-state index is -0.456. The zero-order valence-corrected chi connectivity index (χ0v) is 16.0. The molecule has 1 heterocycles. The lowest BCUT2D eigenvalue weighted by molar-refractivity contribution is -0.121. The molecular weight excluding hydrogens is 364 g/mol. The molecule has 0 spiro atoms. The first-order valence-corrected chi connectivity index (χ1v) is 9.39. The van der Waals surface area contributed by atoms with E-state index in [1.54, 1.807) is 24.3 Å². The summed E-state index contributed by atoms with van der Waals surface area (Å²) in [6.45, 7) is 2.53. The van der Waals surface area contributed by atoms with Crippen LogP contribution in [0, 0.1) is 5.92 Å². The van der Waals surface area contributed by atoms with Gasteiger partial charge in [-0.1, -0.05) is 35.9 Å². The van der Waals surface area contributed by atoms with Gasteiger partial charge < -0.3 is 10.1 Å². The van der Waals surface area contributed by atoms with Gasteiger partial charge in [0, 0.05) is 17.5 Å². The van der Waals surface area contributed by atoms with Gasteiger partial charge in [0.1, 0.15) is 0 Å². The molecule has 1 aliphatic rings. The van der Waals surface area contributed by atoms with Crippen LogP contribution in [0.5, 0.6) is 0 Å². The fourth-order valence-corrected chi connectivity index (χ4v) is 3.57. The number of carbonyl (C=O) groups is 2. The summed E-state index contributed by atoms with van der Waals surface area (Å²) in [6, 6.07) is 14.8. The first-order valence-electron chi connectivity index (χ1n) is 9.02. The highest BCUT2D eigenvalue weighted by Crippen LogP contribution is 2.23. The summed E-state index contributed by atoms with van der Waals surface area (Å²) in [5.74, 6) is -0.567. The van der Waals surface area contributed by atoms with Crippen molar-refractivity contribution in [2.45, 2.75) is 19.4 Å². The Hall–Kier alpha value is -2.37. The molecule has 1 aliphatic heterocycles. The number of nitrogens with zero attached hydrogens (tertiary/aromatic N) is 1. The summed E-state index contributed by atoms with van der Waals surface area (Å²) in [7, 11) is 1.33. The molecule has 3 rings (SSSR count). The minimum Gasteiger partial charge on any atom is -0.465 e. The normalized spacial score (nSPS) is 15.3. The van der Waals surface area contributed by atoms with Crippen LogP contribution in [0.15, 0.2) is 48.5 Å². The maximum atomic E-state index is 12.6. The Bertz CT molecular complexity index is 817. The SMILES string of the molecule is COC(=O)c1ccccc1NC(=O)C1CCN(Cc2cccc(Cl)c2)CC1. The third-order valence-electron chi connectivity index (χ3n) is 4.84. The molecule has 5 nitrogen and oxygen atoms in total. The number of carbonyl (C=O) groups excluding carboxylic acids is 2. The Morgan fingerprint density at radius 2 is 1.89 bits per heavy atom. The third kappa shape index (κ3) is 5.08. The second kappa shape index (κ2) is 9.02. The molecule has 0 saturated carbocycles. The number of piperidine rings is 1. The van der Waals surface area contributed by atoms with Crippen LogP contribution >= 0.6 is 11.6 Å². The highest BCUT2D eigenvalue weighted by molar-refractivity contribution is 6.30. The number of para-hydroxylation sites is 1. The maximum absolute atomic E-state index is 12.6. The summed E-state index contributed by atoms with van der Waals surface area (Å²) < 4.78 is 4.78. The number of rotatable bonds is 5. The van der Waals surface area contributed by atoms with Gasteiger partial charge in [0.25, 0.3) is 0 Å². The van der Waals surface area contributed by atoms with Gasteiger partial charge in [-0.05, 0) is 55.8 Å². The number of hydrogen-bond acceptors (Lipinski definition) is 4. The van der Waals surface area contributed by atoms with Crippen LogP contribution in [0.1, 0.15) is 28.8 Å². The Kier molecular flexibility index (Phi) is 6.48. The van der Waals surface area contributed by atoms with Crippen molar-refractivity contribution in [3.05, 3.63) is 64.7 Å². The van der Waals surface area contributed by atoms with Gasteiger partial charge in [-0.25, -0.2) is 4.79 Å². The number of benzene rings is 2. The van der Waals surface area contributed by atoms with Crippen molar-refractivity contribution in [2.24, 2.45) is 5.92 Å². The summed E-state index contributed by atoms with van der Waals surface area (Å²) in [6.07, 6.45) is 1.57. The molecule has 0 atom stereocenters. The van der Waals surface area contributed by atoms with E-state index in [4.69, 9.17) is 16.3 Å². The molecule has 0 aliphatic carbocycles. The van der Waals surface area contributed by atoms with E-state index in [0.29, 0.717) is 11.3 Å². The van der Waals surface area contributed by atoms with Crippen molar-refractivity contribution >= 4 is 29.2 Å². The van der Waals surface area contributed by atoms with Gasteiger partial charge in [-0.2, -0.15) is 0 Å².